The van der Waals surface area contributed by atoms with Crippen LogP contribution in [0.15, 0.2) is 194 Å². The molecule has 4 aromatic heterocycles. The average molecular weight is 875 g/mol. The van der Waals surface area contributed by atoms with Crippen LogP contribution in [0.4, 0.5) is 34.1 Å². The van der Waals surface area contributed by atoms with Crippen molar-refractivity contribution in [1.82, 2.24) is 8.80 Å². The Bertz CT molecular complexity index is 3680. The van der Waals surface area contributed by atoms with Crippen molar-refractivity contribution in [1.29, 1.82) is 0 Å². The molecule has 2 aliphatic rings. The van der Waals surface area contributed by atoms with Crippen LogP contribution in [0.3, 0.4) is 0 Å². The molecule has 0 atom stereocenters. The third-order valence-corrected chi connectivity index (χ3v) is 16.2. The van der Waals surface area contributed by atoms with Gasteiger partial charge in [0.05, 0.1) is 44.5 Å². The van der Waals surface area contributed by atoms with E-state index in [1.54, 1.807) is 0 Å². The summed E-state index contributed by atoms with van der Waals surface area (Å²) in [4.78, 5) is 4.95. The summed E-state index contributed by atoms with van der Waals surface area (Å²) in [6, 6.07) is 73.0. The Morgan fingerprint density at radius 3 is 1.01 bits per heavy atom. The molecule has 2 aliphatic carbocycles. The molecule has 0 radical (unpaired) electrons. The summed E-state index contributed by atoms with van der Waals surface area (Å²) in [5, 5.41) is 10.6. The molecule has 4 heterocycles. The van der Waals surface area contributed by atoms with Gasteiger partial charge >= 0.3 is 0 Å². The van der Waals surface area contributed by atoms with Gasteiger partial charge in [-0.15, -0.1) is 0 Å². The molecule has 2 fully saturated rings. The number of hydrogen-bond donors (Lipinski definition) is 0. The van der Waals surface area contributed by atoms with E-state index in [0.717, 1.165) is 22.7 Å². The lowest BCUT2D eigenvalue weighted by atomic mass is 9.94. The van der Waals surface area contributed by atoms with Gasteiger partial charge in [-0.2, -0.15) is 0 Å². The van der Waals surface area contributed by atoms with Crippen molar-refractivity contribution in [3.8, 4) is 0 Å². The van der Waals surface area contributed by atoms with Crippen LogP contribution in [0.25, 0.3) is 76.2 Å². The Hall–Kier alpha value is -7.82. The molecule has 326 valence electrons. The minimum Gasteiger partial charge on any atom is -0.310 e. The number of fused-ring (bicyclic) bond motifs is 12. The van der Waals surface area contributed by atoms with Gasteiger partial charge in [-0.05, 0) is 121 Å². The summed E-state index contributed by atoms with van der Waals surface area (Å²) in [6.45, 7) is 0. The van der Waals surface area contributed by atoms with Crippen LogP contribution >= 0.6 is 0 Å². The number of benzene rings is 9. The van der Waals surface area contributed by atoms with Crippen molar-refractivity contribution in [2.24, 2.45) is 0 Å². The SMILES string of the molecule is c1ccc(N(c2ccccc2)c2ccc3c4cc5c(cc4n4c6c(C7CCCC7)cccc6c2c34)c2ccc(N(c3ccccc3)c3ccccc3)c3c4cccc(C6CCCC6)c4n5c23)cc1. The predicted octanol–water partition coefficient (Wildman–Crippen LogP) is 18.2. The normalized spacial score (nSPS) is 15.1. The molecule has 4 nitrogen and oxygen atoms in total. The lowest BCUT2D eigenvalue weighted by molar-refractivity contribution is 0.727. The Morgan fingerprint density at radius 1 is 0.309 bits per heavy atom. The second kappa shape index (κ2) is 14.8. The highest BCUT2D eigenvalue weighted by molar-refractivity contribution is 6.32. The Morgan fingerprint density at radius 2 is 0.662 bits per heavy atom. The van der Waals surface area contributed by atoms with Gasteiger partial charge in [0, 0.05) is 65.8 Å². The van der Waals surface area contributed by atoms with E-state index in [1.165, 1.54) is 150 Å². The van der Waals surface area contributed by atoms with Crippen molar-refractivity contribution in [2.45, 2.75) is 63.2 Å². The fourth-order valence-corrected chi connectivity index (χ4v) is 13.4. The van der Waals surface area contributed by atoms with Crippen LogP contribution in [0, 0.1) is 0 Å². The number of aromatic nitrogens is 2. The van der Waals surface area contributed by atoms with E-state index >= 15 is 0 Å². The highest BCUT2D eigenvalue weighted by atomic mass is 15.2. The molecule has 9 aromatic carbocycles. The second-order valence-electron chi connectivity index (χ2n) is 19.7. The van der Waals surface area contributed by atoms with Crippen molar-refractivity contribution < 1.29 is 0 Å². The molecule has 15 rings (SSSR count). The summed E-state index contributed by atoms with van der Waals surface area (Å²) in [6.07, 6.45) is 10.2. The van der Waals surface area contributed by atoms with E-state index in [-0.39, 0.29) is 0 Å². The van der Waals surface area contributed by atoms with Gasteiger partial charge in [0.15, 0.2) is 0 Å². The summed E-state index contributed by atoms with van der Waals surface area (Å²) in [5.74, 6) is 1.10. The van der Waals surface area contributed by atoms with Crippen LogP contribution in [0.1, 0.15) is 74.3 Å². The number of para-hydroxylation sites is 6. The molecule has 0 bridgehead atoms. The highest BCUT2D eigenvalue weighted by Crippen LogP contribution is 2.53. The molecule has 0 unspecified atom stereocenters. The summed E-state index contributed by atoms with van der Waals surface area (Å²) < 4.78 is 5.41. The fraction of sp³-hybridized carbons (Fsp3) is 0.156. The average Bonchev–Trinajstić information content (AvgIpc) is 4.28. The first-order chi connectivity index (χ1) is 33.8. The monoisotopic (exact) mass is 874 g/mol. The van der Waals surface area contributed by atoms with Gasteiger partial charge in [0.25, 0.3) is 0 Å². The van der Waals surface area contributed by atoms with Crippen molar-refractivity contribution in [3.63, 3.8) is 0 Å². The maximum atomic E-state index is 2.70. The Labute approximate surface area is 395 Å². The van der Waals surface area contributed by atoms with Crippen LogP contribution in [-0.2, 0) is 0 Å². The number of anilines is 6. The smallest absolute Gasteiger partial charge is 0.0641 e. The first kappa shape index (κ1) is 38.3. The molecular formula is C64H50N4. The minimum absolute atomic E-state index is 0.550. The lowest BCUT2D eigenvalue weighted by Gasteiger charge is -2.26. The maximum Gasteiger partial charge on any atom is 0.0641 e. The molecular weight excluding hydrogens is 825 g/mol. The third-order valence-electron chi connectivity index (χ3n) is 16.2. The second-order valence-corrected chi connectivity index (χ2v) is 19.7. The predicted molar refractivity (Wildman–Crippen MR) is 288 cm³/mol. The van der Waals surface area contributed by atoms with Crippen LogP contribution < -0.4 is 9.80 Å². The van der Waals surface area contributed by atoms with Gasteiger partial charge in [-0.25, -0.2) is 0 Å². The Kier molecular flexibility index (Phi) is 8.36. The molecule has 68 heavy (non-hydrogen) atoms. The molecule has 2 saturated carbocycles. The van der Waals surface area contributed by atoms with Gasteiger partial charge < -0.3 is 18.6 Å². The first-order valence-electron chi connectivity index (χ1n) is 25.0. The van der Waals surface area contributed by atoms with E-state index in [2.05, 4.69) is 213 Å². The minimum atomic E-state index is 0.550. The van der Waals surface area contributed by atoms with Crippen LogP contribution in [0.2, 0.25) is 0 Å². The third kappa shape index (κ3) is 5.37. The van der Waals surface area contributed by atoms with Crippen LogP contribution in [-0.4, -0.2) is 8.80 Å². The maximum absolute atomic E-state index is 2.70. The molecule has 4 heteroatoms. The molecule has 0 saturated heterocycles. The van der Waals surface area contributed by atoms with Gasteiger partial charge in [0.2, 0.25) is 0 Å². The van der Waals surface area contributed by atoms with E-state index in [9.17, 15) is 0 Å². The quantitative estimate of drug-likeness (QED) is 0.151. The largest absolute Gasteiger partial charge is 0.310 e. The zero-order chi connectivity index (χ0) is 44.5. The zero-order valence-corrected chi connectivity index (χ0v) is 38.1. The molecule has 0 N–H and O–H groups in total. The standard InChI is InChI=1S/C64H50N4/c1-5-23-43(24-6-1)65(44-25-7-2-8-26-44)55-37-35-49-53-39-58-54(40-57(53)67-61-47(41-19-13-14-20-41)31-17-33-51(61)59(55)63(49)67)50-36-38-56(66(45-27-9-3-10-28-45)46-29-11-4-12-30-46)60-52-34-18-32-48(42-21-15-16-22-42)62(52)68(58)64(50)60/h1-12,17-18,23-42H,13-16,19-22H2. The summed E-state index contributed by atoms with van der Waals surface area (Å²) in [7, 11) is 0. The fourth-order valence-electron chi connectivity index (χ4n) is 13.4. The van der Waals surface area contributed by atoms with E-state index < -0.39 is 0 Å². The number of nitrogens with zero attached hydrogens (tertiary/aromatic N) is 4. The topological polar surface area (TPSA) is 15.3 Å². The molecule has 13 aromatic rings. The number of hydrogen-bond acceptors (Lipinski definition) is 2. The number of rotatable bonds is 8. The summed E-state index contributed by atoms with van der Waals surface area (Å²) >= 11 is 0. The van der Waals surface area contributed by atoms with Crippen molar-refractivity contribution >= 4 is 110 Å². The van der Waals surface area contributed by atoms with Gasteiger partial charge in [0.1, 0.15) is 0 Å². The summed E-state index contributed by atoms with van der Waals surface area (Å²) in [5.41, 5.74) is 18.1. The van der Waals surface area contributed by atoms with Gasteiger partial charge in [-0.1, -0.05) is 147 Å². The van der Waals surface area contributed by atoms with Crippen molar-refractivity contribution in [3.05, 3.63) is 205 Å². The van der Waals surface area contributed by atoms with E-state index in [1.807, 2.05) is 0 Å². The Balaban J connectivity index is 1.09. The molecule has 0 spiro atoms. The zero-order valence-electron chi connectivity index (χ0n) is 38.1. The van der Waals surface area contributed by atoms with Crippen molar-refractivity contribution in [2.75, 3.05) is 9.80 Å². The van der Waals surface area contributed by atoms with Crippen LogP contribution in [0.5, 0.6) is 0 Å². The highest BCUT2D eigenvalue weighted by Gasteiger charge is 2.31. The van der Waals surface area contributed by atoms with E-state index in [0.29, 0.717) is 11.8 Å². The lowest BCUT2D eigenvalue weighted by Crippen LogP contribution is -2.10. The molecule has 0 aliphatic heterocycles. The van der Waals surface area contributed by atoms with Gasteiger partial charge in [-0.3, -0.25) is 0 Å². The molecule has 0 amide bonds. The first-order valence-corrected chi connectivity index (χ1v) is 25.0. The van der Waals surface area contributed by atoms with E-state index in [4.69, 9.17) is 0 Å².